The second kappa shape index (κ2) is 9.07. The normalized spacial score (nSPS) is 15.6. The molecule has 0 saturated heterocycles. The molecule has 27 heavy (non-hydrogen) atoms. The standard InChI is InChI=1S/C18H27N3O4S2/c1-5-13(4)19-17(22)11-21-15-10-14(27(24,25)20(6-2)7-3)8-9-16(15)26-12-18(21)23/h8-10,13H,5-7,11-12H2,1-4H3,(H,19,22)/t13-/m0/s1. The fourth-order valence-corrected chi connectivity index (χ4v) is 5.19. The average Bonchev–Trinajstić information content (AvgIpc) is 2.64. The summed E-state index contributed by atoms with van der Waals surface area (Å²) < 4.78 is 27.0. The Bertz CT molecular complexity index is 807. The van der Waals surface area contributed by atoms with Gasteiger partial charge in [-0.25, -0.2) is 8.42 Å². The highest BCUT2D eigenvalue weighted by Gasteiger charge is 2.30. The van der Waals surface area contributed by atoms with Crippen molar-refractivity contribution in [1.29, 1.82) is 0 Å². The van der Waals surface area contributed by atoms with Crippen molar-refractivity contribution in [3.63, 3.8) is 0 Å². The molecule has 2 amide bonds. The Hall–Kier alpha value is -1.58. The fourth-order valence-electron chi connectivity index (χ4n) is 2.79. The van der Waals surface area contributed by atoms with E-state index in [1.165, 1.54) is 27.0 Å². The molecular weight excluding hydrogens is 386 g/mol. The smallest absolute Gasteiger partial charge is 0.243 e. The van der Waals surface area contributed by atoms with Crippen LogP contribution in [0.2, 0.25) is 0 Å². The largest absolute Gasteiger partial charge is 0.352 e. The van der Waals surface area contributed by atoms with E-state index < -0.39 is 10.0 Å². The van der Waals surface area contributed by atoms with Crippen LogP contribution in [-0.4, -0.2) is 56.0 Å². The molecule has 0 radical (unpaired) electrons. The molecule has 0 saturated carbocycles. The van der Waals surface area contributed by atoms with Gasteiger partial charge in [0.05, 0.1) is 16.3 Å². The number of thioether (sulfide) groups is 1. The van der Waals surface area contributed by atoms with Crippen molar-refractivity contribution in [2.24, 2.45) is 0 Å². The first-order chi connectivity index (χ1) is 12.7. The van der Waals surface area contributed by atoms with Crippen LogP contribution in [0.1, 0.15) is 34.1 Å². The molecule has 2 rings (SSSR count). The van der Waals surface area contributed by atoms with Crippen LogP contribution in [-0.2, 0) is 19.6 Å². The van der Waals surface area contributed by atoms with E-state index in [1.54, 1.807) is 26.0 Å². The molecule has 1 N–H and O–H groups in total. The average molecular weight is 414 g/mol. The minimum atomic E-state index is -3.64. The number of carbonyl (C=O) groups excluding carboxylic acids is 2. The van der Waals surface area contributed by atoms with E-state index in [4.69, 9.17) is 0 Å². The number of rotatable bonds is 8. The summed E-state index contributed by atoms with van der Waals surface area (Å²) in [7, 11) is -3.64. The Morgan fingerprint density at radius 2 is 1.96 bits per heavy atom. The number of nitrogens with zero attached hydrogens (tertiary/aromatic N) is 2. The van der Waals surface area contributed by atoms with Crippen LogP contribution >= 0.6 is 11.8 Å². The number of nitrogens with one attached hydrogen (secondary N) is 1. The van der Waals surface area contributed by atoms with Crippen LogP contribution in [0, 0.1) is 0 Å². The van der Waals surface area contributed by atoms with Gasteiger partial charge >= 0.3 is 0 Å². The molecule has 1 atom stereocenters. The molecule has 1 aromatic rings. The van der Waals surface area contributed by atoms with Gasteiger partial charge < -0.3 is 10.2 Å². The molecule has 0 bridgehead atoms. The third kappa shape index (κ3) is 4.83. The zero-order valence-corrected chi connectivity index (χ0v) is 17.8. The van der Waals surface area contributed by atoms with Gasteiger partial charge in [0.1, 0.15) is 6.54 Å². The second-order valence-electron chi connectivity index (χ2n) is 6.36. The molecule has 1 heterocycles. The Balaban J connectivity index is 2.37. The van der Waals surface area contributed by atoms with E-state index in [-0.39, 0.29) is 35.0 Å². The lowest BCUT2D eigenvalue weighted by molar-refractivity contribution is -0.123. The molecule has 7 nitrogen and oxygen atoms in total. The van der Waals surface area contributed by atoms with Gasteiger partial charge in [0, 0.05) is 24.0 Å². The van der Waals surface area contributed by atoms with Crippen LogP contribution in [0.5, 0.6) is 0 Å². The van der Waals surface area contributed by atoms with Gasteiger partial charge in [-0.05, 0) is 31.5 Å². The van der Waals surface area contributed by atoms with Crippen molar-refractivity contribution >= 4 is 39.3 Å². The molecule has 0 unspecified atom stereocenters. The van der Waals surface area contributed by atoms with Gasteiger partial charge in [0.15, 0.2) is 0 Å². The molecule has 0 spiro atoms. The Kier molecular flexibility index (Phi) is 7.30. The third-order valence-electron chi connectivity index (χ3n) is 4.54. The van der Waals surface area contributed by atoms with Crippen LogP contribution in [0.3, 0.4) is 0 Å². The van der Waals surface area contributed by atoms with Crippen molar-refractivity contribution in [2.45, 2.75) is 49.9 Å². The summed E-state index contributed by atoms with van der Waals surface area (Å²) in [4.78, 5) is 27.0. The molecule has 0 fully saturated rings. The number of amides is 2. The zero-order valence-electron chi connectivity index (χ0n) is 16.2. The van der Waals surface area contributed by atoms with Gasteiger partial charge in [0.25, 0.3) is 0 Å². The molecular formula is C18H27N3O4S2. The van der Waals surface area contributed by atoms with Gasteiger partial charge in [-0.1, -0.05) is 20.8 Å². The van der Waals surface area contributed by atoms with Crippen molar-refractivity contribution in [3.05, 3.63) is 18.2 Å². The topological polar surface area (TPSA) is 86.8 Å². The monoisotopic (exact) mass is 413 g/mol. The van der Waals surface area contributed by atoms with E-state index >= 15 is 0 Å². The third-order valence-corrected chi connectivity index (χ3v) is 7.63. The predicted octanol–water partition coefficient (Wildman–Crippen LogP) is 2.07. The number of fused-ring (bicyclic) bond motifs is 1. The van der Waals surface area contributed by atoms with Gasteiger partial charge in [-0.2, -0.15) is 4.31 Å². The maximum atomic E-state index is 12.8. The molecule has 0 aromatic heterocycles. The van der Waals surface area contributed by atoms with E-state index in [0.717, 1.165) is 11.3 Å². The highest BCUT2D eigenvalue weighted by Crippen LogP contribution is 2.37. The number of hydrogen-bond donors (Lipinski definition) is 1. The first-order valence-corrected chi connectivity index (χ1v) is 11.5. The van der Waals surface area contributed by atoms with Crippen LogP contribution < -0.4 is 10.2 Å². The quantitative estimate of drug-likeness (QED) is 0.705. The van der Waals surface area contributed by atoms with E-state index in [0.29, 0.717) is 18.8 Å². The van der Waals surface area contributed by atoms with Crippen LogP contribution in [0.15, 0.2) is 28.0 Å². The summed E-state index contributed by atoms with van der Waals surface area (Å²) >= 11 is 1.35. The van der Waals surface area contributed by atoms with Crippen molar-refractivity contribution in [2.75, 3.05) is 30.3 Å². The lowest BCUT2D eigenvalue weighted by atomic mass is 10.2. The molecule has 0 aliphatic carbocycles. The number of carbonyl (C=O) groups is 2. The van der Waals surface area contributed by atoms with Crippen LogP contribution in [0.4, 0.5) is 5.69 Å². The number of benzene rings is 1. The van der Waals surface area contributed by atoms with Crippen LogP contribution in [0.25, 0.3) is 0 Å². The minimum Gasteiger partial charge on any atom is -0.352 e. The van der Waals surface area contributed by atoms with Gasteiger partial charge in [0.2, 0.25) is 21.8 Å². The maximum Gasteiger partial charge on any atom is 0.243 e. The lowest BCUT2D eigenvalue weighted by Gasteiger charge is -2.29. The summed E-state index contributed by atoms with van der Waals surface area (Å²) in [6.45, 7) is 8.04. The summed E-state index contributed by atoms with van der Waals surface area (Å²) in [6, 6.07) is 4.79. The number of sulfonamides is 1. The molecule has 1 aliphatic rings. The Labute approximate surface area is 165 Å². The maximum absolute atomic E-state index is 12.8. The van der Waals surface area contributed by atoms with Crippen molar-refractivity contribution in [1.82, 2.24) is 9.62 Å². The summed E-state index contributed by atoms with van der Waals surface area (Å²) in [6.07, 6.45) is 0.790. The summed E-state index contributed by atoms with van der Waals surface area (Å²) in [5.41, 5.74) is 0.476. The zero-order chi connectivity index (χ0) is 20.2. The highest BCUT2D eigenvalue weighted by molar-refractivity contribution is 8.00. The molecule has 1 aliphatic heterocycles. The first kappa shape index (κ1) is 21.7. The van der Waals surface area contributed by atoms with E-state index in [9.17, 15) is 18.0 Å². The SMILES string of the molecule is CC[C@H](C)NC(=O)CN1C(=O)CSc2ccc(S(=O)(=O)N(CC)CC)cc21. The fraction of sp³-hybridized carbons (Fsp3) is 0.556. The van der Waals surface area contributed by atoms with Crippen molar-refractivity contribution < 1.29 is 18.0 Å². The van der Waals surface area contributed by atoms with Crippen molar-refractivity contribution in [3.8, 4) is 0 Å². The Morgan fingerprint density at radius 3 is 2.56 bits per heavy atom. The first-order valence-electron chi connectivity index (χ1n) is 9.11. The van der Waals surface area contributed by atoms with E-state index in [2.05, 4.69) is 5.32 Å². The highest BCUT2D eigenvalue weighted by atomic mass is 32.2. The number of hydrogen-bond acceptors (Lipinski definition) is 5. The summed E-state index contributed by atoms with van der Waals surface area (Å²) in [5.74, 6) is -0.233. The van der Waals surface area contributed by atoms with Gasteiger partial charge in [-0.3, -0.25) is 9.59 Å². The van der Waals surface area contributed by atoms with E-state index in [1.807, 2.05) is 13.8 Å². The molecule has 1 aromatic carbocycles. The second-order valence-corrected chi connectivity index (χ2v) is 9.32. The number of anilines is 1. The van der Waals surface area contributed by atoms with Gasteiger partial charge in [-0.15, -0.1) is 11.8 Å². The molecule has 150 valence electrons. The Morgan fingerprint density at radius 1 is 1.30 bits per heavy atom. The lowest BCUT2D eigenvalue weighted by Crippen LogP contribution is -2.45. The minimum absolute atomic E-state index is 0.0145. The molecule has 9 heteroatoms. The predicted molar refractivity (Wildman–Crippen MR) is 108 cm³/mol. The summed E-state index contributed by atoms with van der Waals surface area (Å²) in [5, 5.41) is 2.84.